The number of nitro benzene ring substituents is 1. The van der Waals surface area contributed by atoms with E-state index in [2.05, 4.69) is 28.1 Å². The Morgan fingerprint density at radius 1 is 1.18 bits per heavy atom. The van der Waals surface area contributed by atoms with Gasteiger partial charge in [0.1, 0.15) is 11.5 Å². The van der Waals surface area contributed by atoms with E-state index in [0.717, 1.165) is 35.2 Å². The van der Waals surface area contributed by atoms with Crippen molar-refractivity contribution in [3.05, 3.63) is 123 Å². The number of nitro groups is 1. The molecule has 6 rings (SSSR count). The molecule has 1 aromatic heterocycles. The fourth-order valence-corrected chi connectivity index (χ4v) is 6.61. The zero-order chi connectivity index (χ0) is 26.6. The highest BCUT2D eigenvalue weighted by Crippen LogP contribution is 2.43. The van der Waals surface area contributed by atoms with Crippen molar-refractivity contribution in [3.63, 3.8) is 0 Å². The summed E-state index contributed by atoms with van der Waals surface area (Å²) < 4.78 is 7.84. The number of nitrogens with zero attached hydrogens (tertiary/aromatic N) is 3. The molecule has 0 spiro atoms. The Kier molecular flexibility index (Phi) is 6.00. The van der Waals surface area contributed by atoms with Crippen molar-refractivity contribution in [2.45, 2.75) is 18.9 Å². The number of aryl methyl sites for hydroxylation is 1. The van der Waals surface area contributed by atoms with Gasteiger partial charge in [-0.2, -0.15) is 0 Å². The zero-order valence-electron chi connectivity index (χ0n) is 20.1. The number of ether oxygens (including phenoxy) is 1. The number of aromatic nitrogens is 1. The van der Waals surface area contributed by atoms with E-state index in [1.54, 1.807) is 11.7 Å². The van der Waals surface area contributed by atoms with Crippen molar-refractivity contribution in [2.24, 2.45) is 4.99 Å². The van der Waals surface area contributed by atoms with Gasteiger partial charge < -0.3 is 9.84 Å². The molecule has 1 aliphatic carbocycles. The number of non-ortho nitro benzene ring substituents is 1. The summed E-state index contributed by atoms with van der Waals surface area (Å²) in [6.07, 6.45) is 3.05. The number of para-hydroxylation sites is 1. The fourth-order valence-electron chi connectivity index (χ4n) is 5.15. The molecule has 2 heterocycles. The second kappa shape index (κ2) is 9.38. The minimum absolute atomic E-state index is 0.166. The molecule has 10 heteroatoms. The van der Waals surface area contributed by atoms with Gasteiger partial charge in [0.15, 0.2) is 4.80 Å². The van der Waals surface area contributed by atoms with Crippen LogP contribution in [0.15, 0.2) is 80.5 Å². The smallest absolute Gasteiger partial charge is 0.271 e. The first-order chi connectivity index (χ1) is 18.4. The number of allylic oxidation sites excluding steroid dienone is 1. The Hall–Kier alpha value is -4.02. The second-order valence-corrected chi connectivity index (χ2v) is 10.8. The summed E-state index contributed by atoms with van der Waals surface area (Å²) in [7, 11) is 1.61. The summed E-state index contributed by atoms with van der Waals surface area (Å²) >= 11 is 4.36. The molecule has 0 amide bonds. The summed E-state index contributed by atoms with van der Waals surface area (Å²) in [5.74, 6) is 0.482. The van der Waals surface area contributed by atoms with E-state index in [1.165, 1.54) is 35.1 Å². The number of rotatable bonds is 4. The number of benzene rings is 3. The third-order valence-corrected chi connectivity index (χ3v) is 8.47. The van der Waals surface area contributed by atoms with Crippen LogP contribution in [-0.4, -0.2) is 21.7 Å². The molecule has 0 bridgehead atoms. The van der Waals surface area contributed by atoms with Crippen LogP contribution in [0, 0.1) is 10.1 Å². The van der Waals surface area contributed by atoms with Gasteiger partial charge in [-0.3, -0.25) is 19.5 Å². The Morgan fingerprint density at radius 2 is 1.95 bits per heavy atom. The van der Waals surface area contributed by atoms with Crippen molar-refractivity contribution in [1.82, 2.24) is 4.57 Å². The minimum Gasteiger partial charge on any atom is -0.506 e. The molecule has 2 aliphatic rings. The molecule has 0 fully saturated rings. The predicted molar refractivity (Wildman–Crippen MR) is 148 cm³/mol. The summed E-state index contributed by atoms with van der Waals surface area (Å²) in [6, 6.07) is 17.8. The molecule has 0 saturated carbocycles. The third kappa shape index (κ3) is 3.88. The van der Waals surface area contributed by atoms with Crippen molar-refractivity contribution in [1.29, 1.82) is 0 Å². The Morgan fingerprint density at radius 3 is 2.74 bits per heavy atom. The maximum atomic E-state index is 13.9. The van der Waals surface area contributed by atoms with E-state index < -0.39 is 11.0 Å². The maximum Gasteiger partial charge on any atom is 0.271 e. The Balaban J connectivity index is 1.65. The van der Waals surface area contributed by atoms with E-state index in [-0.39, 0.29) is 27.0 Å². The lowest BCUT2D eigenvalue weighted by molar-refractivity contribution is -0.385. The summed E-state index contributed by atoms with van der Waals surface area (Å²) in [6.45, 7) is 0. The molecule has 8 nitrogen and oxygen atoms in total. The number of phenols is 1. The van der Waals surface area contributed by atoms with Gasteiger partial charge in [-0.05, 0) is 52.1 Å². The highest BCUT2D eigenvalue weighted by Gasteiger charge is 2.34. The number of halogens is 1. The first-order valence-electron chi connectivity index (χ1n) is 11.8. The average Bonchev–Trinajstić information content (AvgIpc) is 3.24. The lowest BCUT2D eigenvalue weighted by Gasteiger charge is -2.31. The molecule has 0 unspecified atom stereocenters. The van der Waals surface area contributed by atoms with Gasteiger partial charge in [0, 0.05) is 28.8 Å². The van der Waals surface area contributed by atoms with Crippen LogP contribution in [0.2, 0.25) is 0 Å². The van der Waals surface area contributed by atoms with Gasteiger partial charge in [0.2, 0.25) is 0 Å². The monoisotopic (exact) mass is 589 g/mol. The SMILES string of the molecule is COc1ccccc1[C@H]1C2=C(N=c3s/c(=C\c4cc([N+](=O)[O-])cc(Br)c4O)c(=O)n31)c1ccccc1CC2. The fraction of sp³-hybridized carbons (Fsp3) is 0.143. The maximum absolute atomic E-state index is 13.9. The van der Waals surface area contributed by atoms with Crippen LogP contribution in [0.25, 0.3) is 11.8 Å². The van der Waals surface area contributed by atoms with E-state index in [0.29, 0.717) is 15.1 Å². The molecule has 4 aromatic rings. The summed E-state index contributed by atoms with van der Waals surface area (Å²) in [4.78, 5) is 30.3. The molecule has 1 aliphatic heterocycles. The molecule has 0 saturated heterocycles. The number of phenolic OH excluding ortho intramolecular Hbond substituents is 1. The number of fused-ring (bicyclic) bond motifs is 3. The molecular formula is C28H20BrN3O5S. The molecule has 1 N–H and O–H groups in total. The number of methoxy groups -OCH3 is 1. The highest BCUT2D eigenvalue weighted by atomic mass is 79.9. The quantitative estimate of drug-likeness (QED) is 0.274. The van der Waals surface area contributed by atoms with Gasteiger partial charge >= 0.3 is 0 Å². The van der Waals surface area contributed by atoms with Crippen LogP contribution in [0.5, 0.6) is 11.5 Å². The Labute approximate surface area is 228 Å². The number of aromatic hydroxyl groups is 1. The lowest BCUT2D eigenvalue weighted by Crippen LogP contribution is -2.39. The summed E-state index contributed by atoms with van der Waals surface area (Å²) in [5.41, 5.74) is 4.67. The molecule has 190 valence electrons. The number of hydrogen-bond donors (Lipinski definition) is 1. The number of thiazole rings is 1. The Bertz CT molecular complexity index is 1860. The average molecular weight is 590 g/mol. The van der Waals surface area contributed by atoms with Crippen LogP contribution in [-0.2, 0) is 6.42 Å². The van der Waals surface area contributed by atoms with Crippen LogP contribution in [0.3, 0.4) is 0 Å². The normalized spacial score (nSPS) is 16.4. The van der Waals surface area contributed by atoms with Gasteiger partial charge in [-0.25, -0.2) is 4.99 Å². The predicted octanol–water partition coefficient (Wildman–Crippen LogP) is 4.70. The van der Waals surface area contributed by atoms with Gasteiger partial charge in [0.05, 0.1) is 32.8 Å². The van der Waals surface area contributed by atoms with Gasteiger partial charge in [0.25, 0.3) is 11.2 Å². The van der Waals surface area contributed by atoms with E-state index >= 15 is 0 Å². The second-order valence-electron chi connectivity index (χ2n) is 8.98. The summed E-state index contributed by atoms with van der Waals surface area (Å²) in [5, 5.41) is 22.0. The first-order valence-corrected chi connectivity index (χ1v) is 13.4. The van der Waals surface area contributed by atoms with Gasteiger partial charge in [-0.15, -0.1) is 0 Å². The minimum atomic E-state index is -0.545. The third-order valence-electron chi connectivity index (χ3n) is 6.88. The van der Waals surface area contributed by atoms with Crippen LogP contribution >= 0.6 is 27.3 Å². The molecular weight excluding hydrogens is 570 g/mol. The van der Waals surface area contributed by atoms with Crippen molar-refractivity contribution >= 4 is 44.7 Å². The number of hydrogen-bond acceptors (Lipinski definition) is 7. The van der Waals surface area contributed by atoms with E-state index in [4.69, 9.17) is 9.73 Å². The standard InChI is InChI=1S/C28H20BrN3O5S/c1-37-22-9-5-4-8-19(22)25-20-11-10-15-6-2-3-7-18(15)24(20)30-28-31(25)27(34)23(38-28)13-16-12-17(32(35)36)14-21(29)26(16)33/h2-9,12-14,25,33H,10-11H2,1H3/b23-13-/t25-/m0/s1. The highest BCUT2D eigenvalue weighted by molar-refractivity contribution is 9.10. The molecule has 38 heavy (non-hydrogen) atoms. The zero-order valence-corrected chi connectivity index (χ0v) is 22.5. The molecule has 3 aromatic carbocycles. The molecule has 1 atom stereocenters. The largest absolute Gasteiger partial charge is 0.506 e. The van der Waals surface area contributed by atoms with Crippen LogP contribution in [0.1, 0.15) is 34.7 Å². The molecule has 0 radical (unpaired) electrons. The first kappa shape index (κ1) is 24.3. The van der Waals surface area contributed by atoms with Crippen molar-refractivity contribution in [3.8, 4) is 11.5 Å². The van der Waals surface area contributed by atoms with E-state index in [1.807, 2.05) is 36.4 Å². The lowest BCUT2D eigenvalue weighted by atomic mass is 9.83. The van der Waals surface area contributed by atoms with E-state index in [9.17, 15) is 20.0 Å². The van der Waals surface area contributed by atoms with Gasteiger partial charge in [-0.1, -0.05) is 53.8 Å². The van der Waals surface area contributed by atoms with Crippen molar-refractivity contribution < 1.29 is 14.8 Å². The van der Waals surface area contributed by atoms with Crippen LogP contribution in [0.4, 0.5) is 5.69 Å². The van der Waals surface area contributed by atoms with Crippen LogP contribution < -0.4 is 19.6 Å². The topological polar surface area (TPSA) is 107 Å². The van der Waals surface area contributed by atoms with Crippen molar-refractivity contribution in [2.75, 3.05) is 7.11 Å².